The fraction of sp³-hybridized carbons (Fsp3) is 0.500. The minimum Gasteiger partial charge on any atom is -0.297 e. The molecule has 136 valence electrons. The molecule has 1 saturated heterocycles. The molecule has 1 aliphatic rings. The first-order valence-corrected chi connectivity index (χ1v) is 11.2. The van der Waals surface area contributed by atoms with E-state index in [1.54, 1.807) is 0 Å². The summed E-state index contributed by atoms with van der Waals surface area (Å²) in [5.41, 5.74) is 2.87. The molecule has 1 aromatic carbocycles. The van der Waals surface area contributed by atoms with E-state index in [1.807, 2.05) is 36.6 Å². The number of piperidine rings is 1. The Morgan fingerprint density at radius 3 is 2.72 bits per heavy atom. The van der Waals surface area contributed by atoms with Crippen molar-refractivity contribution in [1.29, 1.82) is 0 Å². The van der Waals surface area contributed by atoms with Crippen LogP contribution in [0.25, 0.3) is 0 Å². The summed E-state index contributed by atoms with van der Waals surface area (Å²) in [5, 5.41) is 2.86. The molecule has 2 heterocycles. The maximum atomic E-state index is 12.3. The minimum absolute atomic E-state index is 0.00564. The summed E-state index contributed by atoms with van der Waals surface area (Å²) in [6.07, 6.45) is 3.84. The van der Waals surface area contributed by atoms with Crippen molar-refractivity contribution in [1.82, 2.24) is 14.6 Å². The molecule has 0 atom stereocenters. The summed E-state index contributed by atoms with van der Waals surface area (Å²) in [6, 6.07) is 7.57. The van der Waals surface area contributed by atoms with E-state index < -0.39 is 10.0 Å². The third kappa shape index (κ3) is 5.60. The Morgan fingerprint density at radius 2 is 1.96 bits per heavy atom. The van der Waals surface area contributed by atoms with Crippen LogP contribution in [0.1, 0.15) is 41.1 Å². The zero-order chi connectivity index (χ0) is 17.7. The number of aryl methyl sites for hydroxylation is 1. The fourth-order valence-corrected chi connectivity index (χ4v) is 5.06. The predicted molar refractivity (Wildman–Crippen MR) is 102 cm³/mol. The van der Waals surface area contributed by atoms with Gasteiger partial charge >= 0.3 is 0 Å². The number of hydrogen-bond acceptors (Lipinski definition) is 5. The van der Waals surface area contributed by atoms with Crippen LogP contribution in [-0.4, -0.2) is 31.4 Å². The lowest BCUT2D eigenvalue weighted by Crippen LogP contribution is -2.29. The molecular weight excluding hydrogens is 354 g/mol. The van der Waals surface area contributed by atoms with Crippen molar-refractivity contribution in [3.63, 3.8) is 0 Å². The van der Waals surface area contributed by atoms with Gasteiger partial charge in [-0.2, -0.15) is 0 Å². The molecule has 25 heavy (non-hydrogen) atoms. The molecule has 0 bridgehead atoms. The lowest BCUT2D eigenvalue weighted by Gasteiger charge is -2.25. The van der Waals surface area contributed by atoms with Gasteiger partial charge in [0.15, 0.2) is 0 Å². The first-order valence-electron chi connectivity index (χ1n) is 8.69. The first kappa shape index (κ1) is 18.5. The van der Waals surface area contributed by atoms with Gasteiger partial charge in [-0.3, -0.25) is 4.90 Å². The predicted octanol–water partition coefficient (Wildman–Crippen LogP) is 3.06. The van der Waals surface area contributed by atoms with Crippen LogP contribution in [0.5, 0.6) is 0 Å². The van der Waals surface area contributed by atoms with E-state index in [0.717, 1.165) is 41.5 Å². The van der Waals surface area contributed by atoms with Crippen LogP contribution in [0.3, 0.4) is 0 Å². The molecule has 1 aliphatic heterocycles. The van der Waals surface area contributed by atoms with Crippen LogP contribution in [0.15, 0.2) is 29.6 Å². The second kappa shape index (κ2) is 8.40. The van der Waals surface area contributed by atoms with Crippen LogP contribution in [0.2, 0.25) is 0 Å². The van der Waals surface area contributed by atoms with Crippen molar-refractivity contribution in [2.75, 3.05) is 13.1 Å². The van der Waals surface area contributed by atoms with Crippen molar-refractivity contribution in [3.05, 3.63) is 51.5 Å². The van der Waals surface area contributed by atoms with Gasteiger partial charge < -0.3 is 0 Å². The van der Waals surface area contributed by atoms with Crippen LogP contribution >= 0.6 is 11.3 Å². The highest BCUT2D eigenvalue weighted by Crippen LogP contribution is 2.16. The molecule has 5 nitrogen and oxygen atoms in total. The normalized spacial score (nSPS) is 16.2. The first-order chi connectivity index (χ1) is 12.0. The maximum Gasteiger partial charge on any atom is 0.216 e. The van der Waals surface area contributed by atoms with Gasteiger partial charge in [0.05, 0.1) is 18.0 Å². The topological polar surface area (TPSA) is 62.3 Å². The van der Waals surface area contributed by atoms with E-state index in [4.69, 9.17) is 0 Å². The van der Waals surface area contributed by atoms with E-state index in [2.05, 4.69) is 14.6 Å². The van der Waals surface area contributed by atoms with Crippen LogP contribution in [-0.2, 0) is 28.9 Å². The molecule has 1 N–H and O–H groups in total. The zero-order valence-corrected chi connectivity index (χ0v) is 16.2. The van der Waals surface area contributed by atoms with Crippen LogP contribution in [0.4, 0.5) is 0 Å². The van der Waals surface area contributed by atoms with Gasteiger partial charge in [-0.1, -0.05) is 30.7 Å². The Labute approximate surface area is 154 Å². The van der Waals surface area contributed by atoms with E-state index >= 15 is 0 Å². The van der Waals surface area contributed by atoms with Gasteiger partial charge in [0.1, 0.15) is 5.01 Å². The fourth-order valence-electron chi connectivity index (χ4n) is 3.05. The molecule has 0 spiro atoms. The Bertz CT molecular complexity index is 796. The number of likely N-dealkylation sites (tertiary alicyclic amines) is 1. The smallest absolute Gasteiger partial charge is 0.216 e. The molecule has 0 amide bonds. The number of thiazole rings is 1. The summed E-state index contributed by atoms with van der Waals surface area (Å²) in [5.74, 6) is 0.00564. The molecule has 2 aromatic rings. The van der Waals surface area contributed by atoms with Crippen molar-refractivity contribution in [2.45, 2.75) is 45.0 Å². The van der Waals surface area contributed by atoms with Crippen LogP contribution < -0.4 is 4.72 Å². The lowest BCUT2D eigenvalue weighted by atomic mass is 10.1. The van der Waals surface area contributed by atoms with Gasteiger partial charge in [0.25, 0.3) is 0 Å². The number of nitrogens with one attached hydrogen (secondary N) is 1. The SMILES string of the molecule is Cc1ccccc1CS(=O)(=O)NCc1nc(CN2CCCCC2)cs1. The Morgan fingerprint density at radius 1 is 1.20 bits per heavy atom. The molecule has 3 rings (SSSR count). The second-order valence-electron chi connectivity index (χ2n) is 6.58. The molecule has 0 radical (unpaired) electrons. The van der Waals surface area contributed by atoms with Gasteiger partial charge in [-0.25, -0.2) is 18.1 Å². The molecular formula is C18H25N3O2S2. The number of rotatable bonds is 7. The maximum absolute atomic E-state index is 12.3. The van der Waals surface area contributed by atoms with Crippen molar-refractivity contribution < 1.29 is 8.42 Å². The summed E-state index contributed by atoms with van der Waals surface area (Å²) >= 11 is 1.52. The summed E-state index contributed by atoms with van der Waals surface area (Å²) < 4.78 is 27.3. The van der Waals surface area contributed by atoms with E-state index in [-0.39, 0.29) is 12.3 Å². The second-order valence-corrected chi connectivity index (χ2v) is 9.33. The van der Waals surface area contributed by atoms with Gasteiger partial charge in [0, 0.05) is 11.9 Å². The standard InChI is InChI=1S/C18H25N3O2S2/c1-15-7-3-4-8-16(15)14-25(22,23)19-11-18-20-17(13-24-18)12-21-9-5-2-6-10-21/h3-4,7-8,13,19H,2,5-6,9-12,14H2,1H3. The number of sulfonamides is 1. The van der Waals surface area contributed by atoms with E-state index in [1.165, 1.54) is 30.6 Å². The Balaban J connectivity index is 1.53. The van der Waals surface area contributed by atoms with Crippen LogP contribution in [0, 0.1) is 6.92 Å². The largest absolute Gasteiger partial charge is 0.297 e. The monoisotopic (exact) mass is 379 g/mol. The summed E-state index contributed by atoms with van der Waals surface area (Å²) in [6.45, 7) is 5.33. The quantitative estimate of drug-likeness (QED) is 0.803. The Hall–Kier alpha value is -1.28. The van der Waals surface area contributed by atoms with Gasteiger partial charge in [-0.15, -0.1) is 11.3 Å². The number of nitrogens with zero attached hydrogens (tertiary/aromatic N) is 2. The third-order valence-electron chi connectivity index (χ3n) is 4.48. The van der Waals surface area contributed by atoms with Gasteiger partial charge in [0.2, 0.25) is 10.0 Å². The van der Waals surface area contributed by atoms with E-state index in [9.17, 15) is 8.42 Å². The third-order valence-corrected chi connectivity index (χ3v) is 6.66. The van der Waals surface area contributed by atoms with Crippen molar-refractivity contribution in [3.8, 4) is 0 Å². The lowest BCUT2D eigenvalue weighted by molar-refractivity contribution is 0.219. The highest BCUT2D eigenvalue weighted by Gasteiger charge is 2.15. The highest BCUT2D eigenvalue weighted by atomic mass is 32.2. The number of hydrogen-bond donors (Lipinski definition) is 1. The Kier molecular flexibility index (Phi) is 6.22. The highest BCUT2D eigenvalue weighted by molar-refractivity contribution is 7.88. The molecule has 1 fully saturated rings. The van der Waals surface area contributed by atoms with Crippen molar-refractivity contribution >= 4 is 21.4 Å². The zero-order valence-electron chi connectivity index (χ0n) is 14.6. The average molecular weight is 380 g/mol. The number of benzene rings is 1. The molecule has 1 aromatic heterocycles. The molecule has 0 unspecified atom stereocenters. The van der Waals surface area contributed by atoms with E-state index in [0.29, 0.717) is 0 Å². The summed E-state index contributed by atoms with van der Waals surface area (Å²) in [7, 11) is -3.37. The molecule has 0 aliphatic carbocycles. The summed E-state index contributed by atoms with van der Waals surface area (Å²) in [4.78, 5) is 7.00. The molecule has 0 saturated carbocycles. The number of aromatic nitrogens is 1. The average Bonchev–Trinajstić information content (AvgIpc) is 3.04. The van der Waals surface area contributed by atoms with Gasteiger partial charge in [-0.05, 0) is 44.0 Å². The van der Waals surface area contributed by atoms with Crippen molar-refractivity contribution in [2.24, 2.45) is 0 Å². The molecule has 7 heteroatoms. The minimum atomic E-state index is -3.37.